The fraction of sp³-hybridized carbons (Fsp3) is 0.650. The third-order valence-electron chi connectivity index (χ3n) is 4.69. The summed E-state index contributed by atoms with van der Waals surface area (Å²) in [7, 11) is -3.32. The molecule has 27 heavy (non-hydrogen) atoms. The Labute approximate surface area is 163 Å². The maximum Gasteiger partial charge on any atom is 0.315 e. The number of nitrogens with one attached hydrogen (secondary N) is 3. The summed E-state index contributed by atoms with van der Waals surface area (Å²) in [5.41, 5.74) is 1.67. The van der Waals surface area contributed by atoms with Crippen LogP contribution in [0, 0.1) is 0 Å². The fourth-order valence-electron chi connectivity index (χ4n) is 3.39. The summed E-state index contributed by atoms with van der Waals surface area (Å²) in [4.78, 5) is 12.1. The van der Waals surface area contributed by atoms with E-state index < -0.39 is 10.0 Å². The predicted molar refractivity (Wildman–Crippen MR) is 109 cm³/mol. The Morgan fingerprint density at radius 1 is 1.00 bits per heavy atom. The predicted octanol–water partition coefficient (Wildman–Crippen LogP) is 3.43. The summed E-state index contributed by atoms with van der Waals surface area (Å²) in [6.45, 7) is 4.03. The van der Waals surface area contributed by atoms with Crippen LogP contribution in [-0.2, 0) is 22.3 Å². The minimum absolute atomic E-state index is 0.0406. The molecule has 0 bridgehead atoms. The second-order valence-corrected chi connectivity index (χ2v) is 9.47. The molecule has 0 aromatic heterocycles. The van der Waals surface area contributed by atoms with Gasteiger partial charge in [0.2, 0.25) is 10.0 Å². The minimum Gasteiger partial charge on any atom is -0.335 e. The van der Waals surface area contributed by atoms with Crippen molar-refractivity contribution >= 4 is 16.1 Å². The highest BCUT2D eigenvalue weighted by atomic mass is 32.2. The molecule has 2 rings (SSSR count). The van der Waals surface area contributed by atoms with Gasteiger partial charge in [-0.3, -0.25) is 0 Å². The molecule has 0 radical (unpaired) electrons. The molecule has 1 aromatic carbocycles. The zero-order valence-corrected chi connectivity index (χ0v) is 17.3. The number of carbonyl (C=O) groups excluding carboxylic acids is 1. The molecular weight excluding hydrogens is 362 g/mol. The summed E-state index contributed by atoms with van der Waals surface area (Å²) in [6, 6.07) is 7.33. The average molecular weight is 396 g/mol. The number of benzene rings is 1. The molecule has 0 heterocycles. The number of hydrogen-bond acceptors (Lipinski definition) is 3. The van der Waals surface area contributed by atoms with Crippen LogP contribution in [0.2, 0.25) is 0 Å². The molecule has 1 aliphatic rings. The van der Waals surface area contributed by atoms with Gasteiger partial charge in [-0.25, -0.2) is 17.9 Å². The maximum absolute atomic E-state index is 12.1. The Morgan fingerprint density at radius 2 is 1.56 bits per heavy atom. The monoisotopic (exact) mass is 395 g/mol. The number of amides is 2. The van der Waals surface area contributed by atoms with E-state index in [-0.39, 0.29) is 23.9 Å². The van der Waals surface area contributed by atoms with Gasteiger partial charge in [-0.05, 0) is 37.8 Å². The number of carbonyl (C=O) groups is 1. The fourth-order valence-corrected chi connectivity index (χ4v) is 4.83. The molecule has 1 aromatic rings. The van der Waals surface area contributed by atoms with Crippen molar-refractivity contribution in [2.75, 3.05) is 0 Å². The Hall–Kier alpha value is -1.60. The van der Waals surface area contributed by atoms with Gasteiger partial charge in [0.15, 0.2) is 0 Å². The van der Waals surface area contributed by atoms with E-state index in [2.05, 4.69) is 15.4 Å². The maximum atomic E-state index is 12.1. The lowest BCUT2D eigenvalue weighted by atomic mass is 9.97. The Kier molecular flexibility index (Phi) is 8.57. The first-order valence-corrected chi connectivity index (χ1v) is 11.6. The van der Waals surface area contributed by atoms with Crippen LogP contribution in [0.1, 0.15) is 69.9 Å². The topological polar surface area (TPSA) is 87.3 Å². The van der Waals surface area contributed by atoms with Crippen LogP contribution in [0.4, 0.5) is 4.79 Å². The highest BCUT2D eigenvalue weighted by molar-refractivity contribution is 7.88. The van der Waals surface area contributed by atoms with Crippen LogP contribution in [0.5, 0.6) is 0 Å². The largest absolute Gasteiger partial charge is 0.335 e. The first-order valence-electron chi connectivity index (χ1n) is 9.96. The van der Waals surface area contributed by atoms with Crippen molar-refractivity contribution in [2.45, 2.75) is 83.2 Å². The molecule has 0 aliphatic heterocycles. The first-order chi connectivity index (χ1) is 12.8. The van der Waals surface area contributed by atoms with E-state index in [1.807, 2.05) is 12.1 Å². The highest BCUT2D eigenvalue weighted by Crippen LogP contribution is 2.17. The van der Waals surface area contributed by atoms with Crippen LogP contribution in [0.15, 0.2) is 24.3 Å². The van der Waals surface area contributed by atoms with E-state index in [1.165, 1.54) is 32.1 Å². The molecule has 3 N–H and O–H groups in total. The Morgan fingerprint density at radius 3 is 2.15 bits per heavy atom. The minimum atomic E-state index is -3.32. The van der Waals surface area contributed by atoms with Gasteiger partial charge < -0.3 is 10.6 Å². The van der Waals surface area contributed by atoms with Crippen molar-refractivity contribution in [3.8, 4) is 0 Å². The summed E-state index contributed by atoms with van der Waals surface area (Å²) in [6.07, 6.45) is 8.30. The second-order valence-electron chi connectivity index (χ2n) is 7.72. The summed E-state index contributed by atoms with van der Waals surface area (Å²) in [5.74, 6) is -0.0406. The van der Waals surface area contributed by atoms with Gasteiger partial charge in [0, 0.05) is 18.6 Å². The molecule has 1 aliphatic carbocycles. The number of urea groups is 1. The summed E-state index contributed by atoms with van der Waals surface area (Å²) in [5, 5.41) is 5.98. The lowest BCUT2D eigenvalue weighted by Crippen LogP contribution is -2.42. The normalized spacial score (nSPS) is 16.6. The molecular formula is C20H33N3O3S. The van der Waals surface area contributed by atoms with Gasteiger partial charge in [0.1, 0.15) is 0 Å². The van der Waals surface area contributed by atoms with Gasteiger partial charge in [0.25, 0.3) is 0 Å². The SMILES string of the molecule is CC(C)NS(=O)(=O)Cc1ccc(CNC(=O)NC2CCCCCCC2)cc1. The number of hydrogen-bond donors (Lipinski definition) is 3. The van der Waals surface area contributed by atoms with Crippen molar-refractivity contribution in [3.63, 3.8) is 0 Å². The molecule has 152 valence electrons. The van der Waals surface area contributed by atoms with Crippen molar-refractivity contribution in [1.82, 2.24) is 15.4 Å². The van der Waals surface area contributed by atoms with Crippen molar-refractivity contribution in [1.29, 1.82) is 0 Å². The molecule has 2 amide bonds. The van der Waals surface area contributed by atoms with E-state index in [9.17, 15) is 13.2 Å². The molecule has 0 atom stereocenters. The molecule has 0 saturated heterocycles. The zero-order valence-electron chi connectivity index (χ0n) is 16.5. The number of sulfonamides is 1. The van der Waals surface area contributed by atoms with Gasteiger partial charge >= 0.3 is 6.03 Å². The number of rotatable bonds is 7. The standard InChI is InChI=1S/C20H33N3O3S/c1-16(2)23-27(25,26)15-18-12-10-17(11-13-18)14-21-20(24)22-19-8-6-4-3-5-7-9-19/h10-13,16,19,23H,3-9,14-15H2,1-2H3,(H2,21,22,24). The highest BCUT2D eigenvalue weighted by Gasteiger charge is 2.14. The Bertz CT molecular complexity index is 679. The van der Waals surface area contributed by atoms with E-state index in [1.54, 1.807) is 26.0 Å². The Balaban J connectivity index is 1.78. The van der Waals surface area contributed by atoms with Gasteiger partial charge in [0.05, 0.1) is 5.75 Å². The van der Waals surface area contributed by atoms with Crippen molar-refractivity contribution in [2.24, 2.45) is 0 Å². The molecule has 1 fully saturated rings. The second kappa shape index (κ2) is 10.7. The average Bonchev–Trinajstić information content (AvgIpc) is 2.55. The van der Waals surface area contributed by atoms with Crippen LogP contribution in [0.25, 0.3) is 0 Å². The molecule has 0 spiro atoms. The summed E-state index contributed by atoms with van der Waals surface area (Å²) < 4.78 is 26.5. The van der Waals surface area contributed by atoms with Gasteiger partial charge in [-0.15, -0.1) is 0 Å². The lowest BCUT2D eigenvalue weighted by molar-refractivity contribution is 0.233. The van der Waals surface area contributed by atoms with E-state index in [4.69, 9.17) is 0 Å². The molecule has 6 nitrogen and oxygen atoms in total. The molecule has 1 saturated carbocycles. The van der Waals surface area contributed by atoms with Gasteiger partial charge in [-0.2, -0.15) is 0 Å². The van der Waals surface area contributed by atoms with E-state index >= 15 is 0 Å². The lowest BCUT2D eigenvalue weighted by Gasteiger charge is -2.21. The smallest absolute Gasteiger partial charge is 0.315 e. The van der Waals surface area contributed by atoms with Crippen molar-refractivity contribution in [3.05, 3.63) is 35.4 Å². The van der Waals surface area contributed by atoms with Crippen LogP contribution in [-0.4, -0.2) is 26.5 Å². The third kappa shape index (κ3) is 8.75. The first kappa shape index (κ1) is 21.7. The quantitative estimate of drug-likeness (QED) is 0.661. The molecule has 7 heteroatoms. The van der Waals surface area contributed by atoms with Crippen LogP contribution in [0.3, 0.4) is 0 Å². The zero-order chi connectivity index (χ0) is 19.7. The van der Waals surface area contributed by atoms with E-state index in [0.717, 1.165) is 24.0 Å². The third-order valence-corrected chi connectivity index (χ3v) is 6.23. The van der Waals surface area contributed by atoms with Crippen LogP contribution >= 0.6 is 0 Å². The van der Waals surface area contributed by atoms with E-state index in [0.29, 0.717) is 6.54 Å². The summed E-state index contributed by atoms with van der Waals surface area (Å²) >= 11 is 0. The molecule has 0 unspecified atom stereocenters. The van der Waals surface area contributed by atoms with Crippen LogP contribution < -0.4 is 15.4 Å². The van der Waals surface area contributed by atoms with Gasteiger partial charge in [-0.1, -0.05) is 56.4 Å². The van der Waals surface area contributed by atoms with Crippen molar-refractivity contribution < 1.29 is 13.2 Å².